The highest BCUT2D eigenvalue weighted by molar-refractivity contribution is 5.76. The molecule has 0 aliphatic rings. The van der Waals surface area contributed by atoms with E-state index in [-0.39, 0.29) is 12.5 Å². The van der Waals surface area contributed by atoms with Crippen LogP contribution in [0.1, 0.15) is 341 Å². The van der Waals surface area contributed by atoms with Crippen LogP contribution in [0.25, 0.3) is 0 Å². The largest absolute Gasteiger partial charge is 0.394 e. The molecule has 0 aromatic heterocycles. The van der Waals surface area contributed by atoms with Crippen molar-refractivity contribution in [3.63, 3.8) is 0 Å². The topological polar surface area (TPSA) is 89.8 Å². The van der Waals surface area contributed by atoms with Crippen molar-refractivity contribution in [1.29, 1.82) is 0 Å². The van der Waals surface area contributed by atoms with Crippen LogP contribution in [0.3, 0.4) is 0 Å². The summed E-state index contributed by atoms with van der Waals surface area (Å²) < 4.78 is 0. The molecule has 0 aromatic rings. The van der Waals surface area contributed by atoms with Crippen LogP contribution in [0, 0.1) is 0 Å². The maximum atomic E-state index is 12.5. The van der Waals surface area contributed by atoms with Crippen molar-refractivity contribution in [3.8, 4) is 0 Å². The summed E-state index contributed by atoms with van der Waals surface area (Å²) in [6.07, 6.45) is 73.5. The lowest BCUT2D eigenvalue weighted by Gasteiger charge is -2.26. The number of carbonyl (C=O) groups excluding carboxylic acids is 1. The van der Waals surface area contributed by atoms with Gasteiger partial charge in [0.2, 0.25) is 5.91 Å². The normalized spacial score (nSPS) is 13.3. The Morgan fingerprint density at radius 2 is 0.642 bits per heavy atom. The molecule has 3 atom stereocenters. The third-order valence-electron chi connectivity index (χ3n) is 14.6. The van der Waals surface area contributed by atoms with Gasteiger partial charge in [-0.25, -0.2) is 0 Å². The first-order valence-corrected chi connectivity index (χ1v) is 30.6. The van der Waals surface area contributed by atoms with Crippen LogP contribution >= 0.6 is 0 Å². The van der Waals surface area contributed by atoms with Crippen molar-refractivity contribution in [2.45, 2.75) is 360 Å². The van der Waals surface area contributed by atoms with E-state index in [1.54, 1.807) is 0 Å². The van der Waals surface area contributed by atoms with Crippen LogP contribution < -0.4 is 5.32 Å². The van der Waals surface area contributed by atoms with Gasteiger partial charge in [0.05, 0.1) is 18.8 Å². The number of amides is 1. The molecule has 0 heterocycles. The molecule has 0 aliphatic heterocycles. The van der Waals surface area contributed by atoms with E-state index in [4.69, 9.17) is 0 Å². The number of hydrogen-bond acceptors (Lipinski definition) is 4. The summed E-state index contributed by atoms with van der Waals surface area (Å²) >= 11 is 0. The zero-order valence-corrected chi connectivity index (χ0v) is 45.6. The molecule has 0 radical (unpaired) electrons. The zero-order valence-electron chi connectivity index (χ0n) is 45.6. The minimum absolute atomic E-state index is 0.139. The van der Waals surface area contributed by atoms with E-state index in [0.717, 1.165) is 38.5 Å². The fourth-order valence-corrected chi connectivity index (χ4v) is 9.84. The van der Waals surface area contributed by atoms with Crippen LogP contribution in [0.4, 0.5) is 0 Å². The molecule has 3 unspecified atom stereocenters. The first kappa shape index (κ1) is 65.8. The quantitative estimate of drug-likeness (QED) is 0.0361. The smallest absolute Gasteiger partial charge is 0.220 e. The molecule has 0 saturated heterocycles. The molecule has 0 rings (SSSR count). The molecule has 0 aromatic carbocycles. The third kappa shape index (κ3) is 52.5. The fourth-order valence-electron chi connectivity index (χ4n) is 9.84. The number of rotatable bonds is 57. The van der Waals surface area contributed by atoms with Crippen molar-refractivity contribution < 1.29 is 20.1 Å². The molecule has 5 nitrogen and oxygen atoms in total. The van der Waals surface area contributed by atoms with Gasteiger partial charge in [-0.2, -0.15) is 0 Å². The second-order valence-electron chi connectivity index (χ2n) is 21.3. The van der Waals surface area contributed by atoms with Crippen LogP contribution in [-0.4, -0.2) is 46.1 Å². The molecule has 0 fully saturated rings. The van der Waals surface area contributed by atoms with Crippen molar-refractivity contribution in [1.82, 2.24) is 5.32 Å². The van der Waals surface area contributed by atoms with E-state index in [9.17, 15) is 20.1 Å². The highest BCUT2D eigenvalue weighted by atomic mass is 16.3. The molecule has 0 bridgehead atoms. The molecule has 5 heteroatoms. The van der Waals surface area contributed by atoms with Gasteiger partial charge in [0, 0.05) is 6.42 Å². The lowest BCUT2D eigenvalue weighted by molar-refractivity contribution is -0.124. The van der Waals surface area contributed by atoms with Gasteiger partial charge in [0.25, 0.3) is 0 Å². The standard InChI is InChI=1S/C62H121NO4/c1-3-5-7-9-11-13-15-17-19-21-23-25-27-28-29-30-31-32-33-34-35-37-39-41-43-45-47-49-51-53-55-57-61(66)63-59(58-64)62(67)60(65)56-54-52-50-48-46-44-42-40-38-36-26-24-22-20-18-16-14-12-10-8-6-4-2/h23,25,28-29,59-60,62,64-65,67H,3-22,24,26-27,30-58H2,1-2H3,(H,63,66)/b25-23-,29-28-. The highest BCUT2D eigenvalue weighted by Crippen LogP contribution is 2.18. The minimum Gasteiger partial charge on any atom is -0.394 e. The van der Waals surface area contributed by atoms with Gasteiger partial charge in [-0.3, -0.25) is 4.79 Å². The van der Waals surface area contributed by atoms with E-state index >= 15 is 0 Å². The van der Waals surface area contributed by atoms with Gasteiger partial charge in [-0.15, -0.1) is 0 Å². The molecular weight excluding hydrogens is 823 g/mol. The Bertz CT molecular complexity index is 998. The summed E-state index contributed by atoms with van der Waals surface area (Å²) in [5.74, 6) is -0.139. The second kappa shape index (κ2) is 57.4. The van der Waals surface area contributed by atoms with Gasteiger partial charge in [-0.1, -0.05) is 314 Å². The molecule has 67 heavy (non-hydrogen) atoms. The van der Waals surface area contributed by atoms with E-state index in [0.29, 0.717) is 12.8 Å². The maximum absolute atomic E-state index is 12.5. The minimum atomic E-state index is -1.14. The monoisotopic (exact) mass is 944 g/mol. The number of unbranched alkanes of at least 4 members (excludes halogenated alkanes) is 45. The van der Waals surface area contributed by atoms with Gasteiger partial charge >= 0.3 is 0 Å². The van der Waals surface area contributed by atoms with Crippen molar-refractivity contribution in [2.24, 2.45) is 0 Å². The predicted octanol–water partition coefficient (Wildman–Crippen LogP) is 19.2. The first-order valence-electron chi connectivity index (χ1n) is 30.6. The molecule has 4 N–H and O–H groups in total. The second-order valence-corrected chi connectivity index (χ2v) is 21.3. The summed E-state index contributed by atoms with van der Waals surface area (Å²) in [5.41, 5.74) is 0. The van der Waals surface area contributed by atoms with Crippen LogP contribution in [-0.2, 0) is 4.79 Å². The summed E-state index contributed by atoms with van der Waals surface area (Å²) in [6, 6.07) is -0.809. The van der Waals surface area contributed by atoms with Gasteiger partial charge < -0.3 is 20.6 Å². The lowest BCUT2D eigenvalue weighted by atomic mass is 9.99. The summed E-state index contributed by atoms with van der Waals surface area (Å²) in [6.45, 7) is 4.22. The molecule has 398 valence electrons. The molecule has 1 amide bonds. The Labute approximate surface area is 420 Å². The van der Waals surface area contributed by atoms with Crippen LogP contribution in [0.2, 0.25) is 0 Å². The predicted molar refractivity (Wildman–Crippen MR) is 296 cm³/mol. The Morgan fingerprint density at radius 3 is 0.940 bits per heavy atom. The fraction of sp³-hybridized carbons (Fsp3) is 0.919. The van der Waals surface area contributed by atoms with Gasteiger partial charge in [0.15, 0.2) is 0 Å². The number of aliphatic hydroxyl groups is 3. The molecular formula is C62H121NO4. The Balaban J connectivity index is 3.50. The summed E-state index contributed by atoms with van der Waals surface area (Å²) in [5, 5.41) is 33.9. The number of allylic oxidation sites excluding steroid dienone is 4. The average Bonchev–Trinajstić information content (AvgIpc) is 3.33. The maximum Gasteiger partial charge on any atom is 0.220 e. The van der Waals surface area contributed by atoms with Crippen molar-refractivity contribution in [2.75, 3.05) is 6.61 Å². The number of carbonyl (C=O) groups is 1. The van der Waals surface area contributed by atoms with E-state index in [1.165, 1.54) is 276 Å². The van der Waals surface area contributed by atoms with E-state index < -0.39 is 18.2 Å². The van der Waals surface area contributed by atoms with Crippen molar-refractivity contribution >= 4 is 5.91 Å². The van der Waals surface area contributed by atoms with Gasteiger partial charge in [-0.05, 0) is 44.9 Å². The first-order chi connectivity index (χ1) is 33.1. The lowest BCUT2D eigenvalue weighted by Crippen LogP contribution is -2.50. The molecule has 0 aliphatic carbocycles. The van der Waals surface area contributed by atoms with Crippen LogP contribution in [0.5, 0.6) is 0 Å². The number of nitrogens with one attached hydrogen (secondary N) is 1. The van der Waals surface area contributed by atoms with E-state index in [2.05, 4.69) is 43.5 Å². The Morgan fingerprint density at radius 1 is 0.373 bits per heavy atom. The molecule has 0 spiro atoms. The summed E-state index contributed by atoms with van der Waals surface area (Å²) in [4.78, 5) is 12.5. The van der Waals surface area contributed by atoms with E-state index in [1.807, 2.05) is 0 Å². The number of hydrogen-bond donors (Lipinski definition) is 4. The van der Waals surface area contributed by atoms with Crippen molar-refractivity contribution in [3.05, 3.63) is 24.3 Å². The average molecular weight is 945 g/mol. The highest BCUT2D eigenvalue weighted by Gasteiger charge is 2.26. The Kier molecular flexibility index (Phi) is 56.4. The zero-order chi connectivity index (χ0) is 48.6. The Hall–Kier alpha value is -1.17. The summed E-state index contributed by atoms with van der Waals surface area (Å²) in [7, 11) is 0. The van der Waals surface area contributed by atoms with Crippen LogP contribution in [0.15, 0.2) is 24.3 Å². The van der Waals surface area contributed by atoms with Gasteiger partial charge in [0.1, 0.15) is 6.10 Å². The SMILES string of the molecule is CCCCCCCCCCC/C=C\C/C=C\CCCCCCCCCCCCCCCCCC(=O)NC(CO)C(O)C(O)CCCCCCCCCCCCCCCCCCCCCCCC. The third-order valence-corrected chi connectivity index (χ3v) is 14.6. The molecule has 0 saturated carbocycles. The number of aliphatic hydroxyl groups excluding tert-OH is 3.